The van der Waals surface area contributed by atoms with E-state index < -0.39 is 0 Å². The van der Waals surface area contributed by atoms with Crippen molar-refractivity contribution in [2.45, 2.75) is 19.3 Å². The number of phenolic OH excluding ortho intramolecular Hbond substituents is 3. The second-order valence-corrected chi connectivity index (χ2v) is 7.57. The molecule has 4 aromatic rings. The van der Waals surface area contributed by atoms with Crippen LogP contribution in [0.1, 0.15) is 33.4 Å². The Bertz CT molecular complexity index is 1010. The summed E-state index contributed by atoms with van der Waals surface area (Å²) in [4.78, 5) is 0. The predicted octanol–water partition coefficient (Wildman–Crippen LogP) is 5.58. The van der Waals surface area contributed by atoms with Gasteiger partial charge in [0.2, 0.25) is 0 Å². The summed E-state index contributed by atoms with van der Waals surface area (Å²) >= 11 is 0. The van der Waals surface area contributed by atoms with E-state index in [9.17, 15) is 15.3 Å². The summed E-state index contributed by atoms with van der Waals surface area (Å²) in [5, 5.41) is 30.6. The van der Waals surface area contributed by atoms with Crippen molar-refractivity contribution in [2.24, 2.45) is 0 Å². The standard InChI is InChI=1S/C27H24O3/c28-25-10-4-1-7-22(25)16-19-13-20(17-23-8-2-5-11-26(23)29)15-21(14-19)18-24-9-3-6-12-27(24)30/h1-15,28-30H,16-18H2. The number of rotatable bonds is 6. The van der Waals surface area contributed by atoms with Crippen LogP contribution in [0.3, 0.4) is 0 Å². The third kappa shape index (κ3) is 4.64. The average Bonchev–Trinajstić information content (AvgIpc) is 2.73. The molecule has 3 N–H and O–H groups in total. The van der Waals surface area contributed by atoms with Crippen LogP contribution in [0, 0.1) is 0 Å². The monoisotopic (exact) mass is 396 g/mol. The molecular weight excluding hydrogens is 372 g/mol. The Balaban J connectivity index is 1.70. The van der Waals surface area contributed by atoms with Crippen molar-refractivity contribution in [2.75, 3.05) is 0 Å². The molecule has 3 nitrogen and oxygen atoms in total. The van der Waals surface area contributed by atoms with E-state index in [2.05, 4.69) is 18.2 Å². The number of phenols is 3. The Morgan fingerprint density at radius 1 is 0.400 bits per heavy atom. The van der Waals surface area contributed by atoms with E-state index in [4.69, 9.17) is 0 Å². The SMILES string of the molecule is Oc1ccccc1Cc1cc(Cc2ccccc2O)cc(Cc2ccccc2O)c1. The van der Waals surface area contributed by atoms with Crippen LogP contribution in [0.15, 0.2) is 91.0 Å². The number of para-hydroxylation sites is 3. The minimum atomic E-state index is 0.283. The number of hydrogen-bond acceptors (Lipinski definition) is 3. The summed E-state index contributed by atoms with van der Waals surface area (Å²) in [7, 11) is 0. The van der Waals surface area contributed by atoms with Crippen molar-refractivity contribution in [3.63, 3.8) is 0 Å². The van der Waals surface area contributed by atoms with Crippen molar-refractivity contribution < 1.29 is 15.3 Å². The highest BCUT2D eigenvalue weighted by molar-refractivity contribution is 5.44. The average molecular weight is 396 g/mol. The van der Waals surface area contributed by atoms with E-state index in [1.807, 2.05) is 54.6 Å². The second-order valence-electron chi connectivity index (χ2n) is 7.57. The first kappa shape index (κ1) is 19.6. The van der Waals surface area contributed by atoms with Gasteiger partial charge in [-0.3, -0.25) is 0 Å². The molecule has 0 spiro atoms. The number of benzene rings is 4. The summed E-state index contributed by atoms with van der Waals surface area (Å²) in [5.41, 5.74) is 5.83. The van der Waals surface area contributed by atoms with E-state index in [1.165, 1.54) is 0 Å². The van der Waals surface area contributed by atoms with Crippen LogP contribution in [0.4, 0.5) is 0 Å². The van der Waals surface area contributed by atoms with Gasteiger partial charge in [0.05, 0.1) is 0 Å². The Labute approximate surface area is 176 Å². The maximum Gasteiger partial charge on any atom is 0.119 e. The summed E-state index contributed by atoms with van der Waals surface area (Å²) in [6.07, 6.45) is 1.82. The summed E-state index contributed by atoms with van der Waals surface area (Å²) < 4.78 is 0. The molecule has 150 valence electrons. The minimum Gasteiger partial charge on any atom is -0.508 e. The molecule has 3 heteroatoms. The van der Waals surface area contributed by atoms with E-state index in [1.54, 1.807) is 18.2 Å². The van der Waals surface area contributed by atoms with Gasteiger partial charge in [-0.1, -0.05) is 72.8 Å². The first-order chi connectivity index (χ1) is 14.6. The molecule has 0 aliphatic carbocycles. The van der Waals surface area contributed by atoms with E-state index in [0.717, 1.165) is 33.4 Å². The van der Waals surface area contributed by atoms with Gasteiger partial charge in [-0.2, -0.15) is 0 Å². The molecule has 0 fully saturated rings. The van der Waals surface area contributed by atoms with Crippen LogP contribution in [0.5, 0.6) is 17.2 Å². The molecule has 0 unspecified atom stereocenters. The Hall–Kier alpha value is -3.72. The quantitative estimate of drug-likeness (QED) is 0.399. The Morgan fingerprint density at radius 2 is 0.667 bits per heavy atom. The molecule has 0 atom stereocenters. The fourth-order valence-corrected chi connectivity index (χ4v) is 3.79. The van der Waals surface area contributed by atoms with Gasteiger partial charge in [0.25, 0.3) is 0 Å². The van der Waals surface area contributed by atoms with Gasteiger partial charge in [-0.25, -0.2) is 0 Å². The third-order valence-electron chi connectivity index (χ3n) is 5.27. The lowest BCUT2D eigenvalue weighted by atomic mass is 9.93. The van der Waals surface area contributed by atoms with Crippen LogP contribution in [0.2, 0.25) is 0 Å². The first-order valence-electron chi connectivity index (χ1n) is 10.0. The van der Waals surface area contributed by atoms with Crippen molar-refractivity contribution in [1.29, 1.82) is 0 Å². The number of hydrogen-bond donors (Lipinski definition) is 3. The third-order valence-corrected chi connectivity index (χ3v) is 5.27. The maximum atomic E-state index is 10.2. The Kier molecular flexibility index (Phi) is 5.71. The minimum absolute atomic E-state index is 0.283. The molecule has 4 rings (SSSR count). The lowest BCUT2D eigenvalue weighted by Crippen LogP contribution is -1.98. The fourth-order valence-electron chi connectivity index (χ4n) is 3.79. The van der Waals surface area contributed by atoms with Crippen LogP contribution in [0.25, 0.3) is 0 Å². The highest BCUT2D eigenvalue weighted by Gasteiger charge is 2.10. The van der Waals surface area contributed by atoms with Gasteiger partial charge in [0.1, 0.15) is 17.2 Å². The van der Waals surface area contributed by atoms with E-state index >= 15 is 0 Å². The van der Waals surface area contributed by atoms with E-state index in [-0.39, 0.29) is 17.2 Å². The summed E-state index contributed by atoms with van der Waals surface area (Å²) in [6.45, 7) is 0. The Morgan fingerprint density at radius 3 is 0.933 bits per heavy atom. The molecule has 0 bridgehead atoms. The van der Waals surface area contributed by atoms with Gasteiger partial charge >= 0.3 is 0 Å². The lowest BCUT2D eigenvalue weighted by molar-refractivity contribution is 0.469. The molecule has 0 aliphatic rings. The fraction of sp³-hybridized carbons (Fsp3) is 0.111. The lowest BCUT2D eigenvalue weighted by Gasteiger charge is -2.13. The van der Waals surface area contributed by atoms with Gasteiger partial charge in [-0.05, 0) is 51.6 Å². The molecule has 4 aromatic carbocycles. The van der Waals surface area contributed by atoms with Crippen molar-refractivity contribution >= 4 is 0 Å². The van der Waals surface area contributed by atoms with Gasteiger partial charge < -0.3 is 15.3 Å². The van der Waals surface area contributed by atoms with Gasteiger partial charge in [-0.15, -0.1) is 0 Å². The molecule has 0 heterocycles. The van der Waals surface area contributed by atoms with Gasteiger partial charge in [0.15, 0.2) is 0 Å². The van der Waals surface area contributed by atoms with Crippen LogP contribution >= 0.6 is 0 Å². The zero-order valence-electron chi connectivity index (χ0n) is 16.6. The first-order valence-corrected chi connectivity index (χ1v) is 10.0. The van der Waals surface area contributed by atoms with Crippen molar-refractivity contribution in [3.05, 3.63) is 124 Å². The molecule has 0 saturated heterocycles. The van der Waals surface area contributed by atoms with Crippen molar-refractivity contribution in [3.8, 4) is 17.2 Å². The maximum absolute atomic E-state index is 10.2. The van der Waals surface area contributed by atoms with Crippen LogP contribution < -0.4 is 0 Å². The highest BCUT2D eigenvalue weighted by Crippen LogP contribution is 2.27. The van der Waals surface area contributed by atoms with Gasteiger partial charge in [0, 0.05) is 19.3 Å². The number of aromatic hydroxyl groups is 3. The molecule has 0 aromatic heterocycles. The topological polar surface area (TPSA) is 60.7 Å². The second kappa shape index (κ2) is 8.75. The van der Waals surface area contributed by atoms with E-state index in [0.29, 0.717) is 19.3 Å². The van der Waals surface area contributed by atoms with Crippen LogP contribution in [-0.2, 0) is 19.3 Å². The predicted molar refractivity (Wildman–Crippen MR) is 119 cm³/mol. The molecule has 0 saturated carbocycles. The smallest absolute Gasteiger partial charge is 0.119 e. The molecular formula is C27H24O3. The zero-order chi connectivity index (χ0) is 20.9. The largest absolute Gasteiger partial charge is 0.508 e. The van der Waals surface area contributed by atoms with Crippen LogP contribution in [-0.4, -0.2) is 15.3 Å². The van der Waals surface area contributed by atoms with Crippen molar-refractivity contribution in [1.82, 2.24) is 0 Å². The normalized spacial score (nSPS) is 10.8. The summed E-state index contributed by atoms with van der Waals surface area (Å²) in [6, 6.07) is 28.4. The molecule has 0 amide bonds. The zero-order valence-corrected chi connectivity index (χ0v) is 16.6. The highest BCUT2D eigenvalue weighted by atomic mass is 16.3. The summed E-state index contributed by atoms with van der Waals surface area (Å²) in [5.74, 6) is 0.850. The molecule has 0 aliphatic heterocycles. The molecule has 30 heavy (non-hydrogen) atoms. The molecule has 0 radical (unpaired) electrons.